The van der Waals surface area contributed by atoms with Gasteiger partial charge in [-0.3, -0.25) is 9.59 Å². The summed E-state index contributed by atoms with van der Waals surface area (Å²) in [5.74, 6) is 0.755. The zero-order chi connectivity index (χ0) is 21.2. The summed E-state index contributed by atoms with van der Waals surface area (Å²) in [4.78, 5) is 28.8. The monoisotopic (exact) mass is 399 g/mol. The van der Waals surface area contributed by atoms with Crippen molar-refractivity contribution in [3.05, 3.63) is 23.8 Å². The molecule has 0 bridgehead atoms. The lowest BCUT2D eigenvalue weighted by Gasteiger charge is -2.59. The topological polar surface area (TPSA) is 55.8 Å². The van der Waals surface area contributed by atoms with Crippen molar-refractivity contribution >= 4 is 17.4 Å². The standard InChI is InChI=1S/C24H33NO4/c1-22(2,3)17-13-16(28-6)9-10-19(17)25-11-7-8-15-12-18-20(26)14-23(4,5)29-24(15,18)21(25)27/h9-10,13,15,18H,7-8,11-12,14H2,1-6H3/t15-,18+,24+/m0/s1. The van der Waals surface area contributed by atoms with Gasteiger partial charge in [-0.2, -0.15) is 0 Å². The SMILES string of the molecule is COc1ccc(N2CCC[C@H]3C[C@@H]4C(=O)CC(C)(C)O[C@]34C2=O)c(C(C)(C)C)c1. The summed E-state index contributed by atoms with van der Waals surface area (Å²) in [5, 5.41) is 0. The first-order valence-corrected chi connectivity index (χ1v) is 10.7. The van der Waals surface area contributed by atoms with E-state index in [1.54, 1.807) is 7.11 Å². The predicted molar refractivity (Wildman–Crippen MR) is 112 cm³/mol. The molecule has 158 valence electrons. The number of benzene rings is 1. The molecule has 3 fully saturated rings. The second kappa shape index (κ2) is 6.56. The van der Waals surface area contributed by atoms with E-state index in [-0.39, 0.29) is 28.9 Å². The maximum Gasteiger partial charge on any atom is 0.260 e. The fraction of sp³-hybridized carbons (Fsp3) is 0.667. The molecule has 29 heavy (non-hydrogen) atoms. The number of amides is 1. The highest BCUT2D eigenvalue weighted by Gasteiger charge is 2.69. The van der Waals surface area contributed by atoms with E-state index in [1.807, 2.05) is 36.9 Å². The lowest BCUT2D eigenvalue weighted by atomic mass is 9.55. The lowest BCUT2D eigenvalue weighted by Crippen LogP contribution is -2.72. The van der Waals surface area contributed by atoms with Gasteiger partial charge in [0.2, 0.25) is 0 Å². The lowest BCUT2D eigenvalue weighted by molar-refractivity contribution is -0.251. The molecule has 4 rings (SSSR count). The zero-order valence-electron chi connectivity index (χ0n) is 18.5. The molecule has 2 aliphatic heterocycles. The van der Waals surface area contributed by atoms with Crippen LogP contribution in [-0.4, -0.2) is 36.5 Å². The van der Waals surface area contributed by atoms with Gasteiger partial charge in [-0.05, 0) is 68.2 Å². The minimum atomic E-state index is -0.996. The average molecular weight is 400 g/mol. The van der Waals surface area contributed by atoms with Crippen molar-refractivity contribution in [2.75, 3.05) is 18.6 Å². The third-order valence-corrected chi connectivity index (χ3v) is 6.89. The highest BCUT2D eigenvalue weighted by Crippen LogP contribution is 2.57. The molecular formula is C24H33NO4. The molecule has 1 aromatic rings. The summed E-state index contributed by atoms with van der Waals surface area (Å²) < 4.78 is 12.0. The third-order valence-electron chi connectivity index (χ3n) is 6.89. The van der Waals surface area contributed by atoms with Crippen molar-refractivity contribution < 1.29 is 19.1 Å². The summed E-state index contributed by atoms with van der Waals surface area (Å²) in [6.07, 6.45) is 3.00. The molecular weight excluding hydrogens is 366 g/mol. The Hall–Kier alpha value is -1.88. The number of ketones is 1. The Morgan fingerprint density at radius 1 is 1.21 bits per heavy atom. The van der Waals surface area contributed by atoms with Gasteiger partial charge in [0.25, 0.3) is 5.91 Å². The Morgan fingerprint density at radius 2 is 1.93 bits per heavy atom. The molecule has 1 aliphatic carbocycles. The molecule has 5 heteroatoms. The second-order valence-electron chi connectivity index (χ2n) is 10.5. The molecule has 1 spiro atoms. The van der Waals surface area contributed by atoms with Crippen LogP contribution in [0.4, 0.5) is 5.69 Å². The summed E-state index contributed by atoms with van der Waals surface area (Å²) in [5.41, 5.74) is 0.213. The first-order chi connectivity index (χ1) is 13.5. The largest absolute Gasteiger partial charge is 0.497 e. The Morgan fingerprint density at radius 3 is 2.59 bits per heavy atom. The van der Waals surface area contributed by atoms with Crippen LogP contribution in [0.2, 0.25) is 0 Å². The van der Waals surface area contributed by atoms with Gasteiger partial charge in [0, 0.05) is 18.7 Å². The van der Waals surface area contributed by atoms with Crippen molar-refractivity contribution in [3.63, 3.8) is 0 Å². The van der Waals surface area contributed by atoms with Crippen LogP contribution in [0.15, 0.2) is 18.2 Å². The smallest absolute Gasteiger partial charge is 0.260 e. The maximum atomic E-state index is 14.0. The highest BCUT2D eigenvalue weighted by molar-refractivity contribution is 6.06. The molecule has 2 heterocycles. The van der Waals surface area contributed by atoms with Crippen molar-refractivity contribution in [2.45, 2.75) is 76.9 Å². The minimum Gasteiger partial charge on any atom is -0.497 e. The van der Waals surface area contributed by atoms with Gasteiger partial charge in [-0.15, -0.1) is 0 Å². The Bertz CT molecular complexity index is 853. The molecule has 0 N–H and O–H groups in total. The van der Waals surface area contributed by atoms with E-state index < -0.39 is 11.2 Å². The van der Waals surface area contributed by atoms with Crippen LogP contribution in [0.5, 0.6) is 5.75 Å². The van der Waals surface area contributed by atoms with Crippen LogP contribution in [0.25, 0.3) is 0 Å². The van der Waals surface area contributed by atoms with E-state index in [0.717, 1.165) is 36.3 Å². The molecule has 2 saturated heterocycles. The van der Waals surface area contributed by atoms with Crippen molar-refractivity contribution in [1.29, 1.82) is 0 Å². The summed E-state index contributed by atoms with van der Waals surface area (Å²) in [6, 6.07) is 5.92. The van der Waals surface area contributed by atoms with Crippen LogP contribution in [0.1, 0.15) is 65.9 Å². The van der Waals surface area contributed by atoms with Gasteiger partial charge in [0.05, 0.1) is 18.6 Å². The molecule has 1 aromatic carbocycles. The number of methoxy groups -OCH3 is 1. The molecule has 5 nitrogen and oxygen atoms in total. The van der Waals surface area contributed by atoms with Gasteiger partial charge in [0.1, 0.15) is 11.5 Å². The second-order valence-corrected chi connectivity index (χ2v) is 10.5. The van der Waals surface area contributed by atoms with Crippen LogP contribution in [0.3, 0.4) is 0 Å². The number of ether oxygens (including phenoxy) is 2. The Labute approximate surface area is 173 Å². The van der Waals surface area contributed by atoms with Crippen LogP contribution in [0, 0.1) is 11.8 Å². The Kier molecular flexibility index (Phi) is 4.61. The highest BCUT2D eigenvalue weighted by atomic mass is 16.5. The van der Waals surface area contributed by atoms with E-state index in [2.05, 4.69) is 20.8 Å². The summed E-state index contributed by atoms with van der Waals surface area (Å²) in [6.45, 7) is 10.9. The van der Waals surface area contributed by atoms with Gasteiger partial charge in [-0.25, -0.2) is 0 Å². The van der Waals surface area contributed by atoms with Gasteiger partial charge in [0.15, 0.2) is 5.60 Å². The van der Waals surface area contributed by atoms with Crippen molar-refractivity contribution in [2.24, 2.45) is 11.8 Å². The molecule has 0 radical (unpaired) electrons. The number of anilines is 1. The number of rotatable bonds is 2. The van der Waals surface area contributed by atoms with Crippen LogP contribution >= 0.6 is 0 Å². The van der Waals surface area contributed by atoms with Crippen molar-refractivity contribution in [3.8, 4) is 5.75 Å². The van der Waals surface area contributed by atoms with E-state index in [4.69, 9.17) is 9.47 Å². The summed E-state index contributed by atoms with van der Waals surface area (Å²) >= 11 is 0. The van der Waals surface area contributed by atoms with E-state index in [9.17, 15) is 9.59 Å². The molecule has 0 unspecified atom stereocenters. The molecule has 3 aliphatic rings. The third kappa shape index (κ3) is 3.09. The fourth-order valence-corrected chi connectivity index (χ4v) is 5.54. The number of carbonyl (C=O) groups excluding carboxylic acids is 2. The predicted octanol–water partition coefficient (Wildman–Crippen LogP) is 4.26. The van der Waals surface area contributed by atoms with E-state index in [0.29, 0.717) is 13.0 Å². The normalized spacial score (nSPS) is 31.4. The first-order valence-electron chi connectivity index (χ1n) is 10.7. The van der Waals surface area contributed by atoms with E-state index >= 15 is 0 Å². The molecule has 0 aromatic heterocycles. The molecule has 1 amide bonds. The fourth-order valence-electron chi connectivity index (χ4n) is 5.54. The first kappa shape index (κ1) is 20.4. The Balaban J connectivity index is 1.81. The van der Waals surface area contributed by atoms with Crippen molar-refractivity contribution in [1.82, 2.24) is 0 Å². The van der Waals surface area contributed by atoms with Crippen LogP contribution in [-0.2, 0) is 19.7 Å². The van der Waals surface area contributed by atoms with Gasteiger partial charge in [-0.1, -0.05) is 20.8 Å². The van der Waals surface area contributed by atoms with Crippen LogP contribution < -0.4 is 9.64 Å². The molecule has 3 atom stereocenters. The van der Waals surface area contributed by atoms with Gasteiger partial charge < -0.3 is 14.4 Å². The number of hydrogen-bond acceptors (Lipinski definition) is 4. The number of carbonyl (C=O) groups is 2. The van der Waals surface area contributed by atoms with Gasteiger partial charge >= 0.3 is 0 Å². The summed E-state index contributed by atoms with van der Waals surface area (Å²) in [7, 11) is 1.66. The van der Waals surface area contributed by atoms with E-state index in [1.165, 1.54) is 0 Å². The molecule has 1 saturated carbocycles. The maximum absolute atomic E-state index is 14.0. The minimum absolute atomic E-state index is 0.0342. The zero-order valence-corrected chi connectivity index (χ0v) is 18.5. The number of Topliss-reactive ketones (excluding diaryl/α,β-unsaturated/α-hetero) is 1. The quantitative estimate of drug-likeness (QED) is 0.746. The number of hydrogen-bond donors (Lipinski definition) is 0. The number of nitrogens with zero attached hydrogens (tertiary/aromatic N) is 1. The average Bonchev–Trinajstić information content (AvgIpc) is 2.69.